The first-order valence-electron chi connectivity index (χ1n) is 8.13. The monoisotopic (exact) mass is 366 g/mol. The molecule has 0 saturated carbocycles. The number of nitrogens with one attached hydrogen (secondary N) is 1. The first-order valence-corrected chi connectivity index (χ1v) is 9.28. The molecule has 2 fully saturated rings. The standard InChI is InChI=1S/C17H19FN2O4S/c18-11-1-3-12(4-2-11)20-8-5-13(15(20)22)14(21)19-17(16(23)24)6-9-25-10-7-17/h1-4,13H,5-10H2,(H,19,21)(H,23,24). The van der Waals surface area contributed by atoms with Gasteiger partial charge < -0.3 is 15.3 Å². The Bertz CT molecular complexity index is 688. The normalized spacial score (nSPS) is 22.7. The maximum Gasteiger partial charge on any atom is 0.329 e. The maximum atomic E-state index is 13.0. The SMILES string of the molecule is O=C(NC1(C(=O)O)CCSCC1)C1CCN(c2ccc(F)cc2)C1=O. The molecule has 0 aromatic heterocycles. The second kappa shape index (κ2) is 7.03. The molecular weight excluding hydrogens is 347 g/mol. The first kappa shape index (κ1) is 17.7. The molecule has 2 saturated heterocycles. The van der Waals surface area contributed by atoms with Crippen molar-refractivity contribution < 1.29 is 23.9 Å². The van der Waals surface area contributed by atoms with Crippen LogP contribution in [-0.2, 0) is 14.4 Å². The van der Waals surface area contributed by atoms with Gasteiger partial charge in [0, 0.05) is 12.2 Å². The molecule has 2 heterocycles. The number of carboxylic acid groups (broad SMARTS) is 1. The van der Waals surface area contributed by atoms with E-state index in [0.29, 0.717) is 43.0 Å². The molecule has 3 rings (SSSR count). The number of hydrogen-bond acceptors (Lipinski definition) is 4. The highest BCUT2D eigenvalue weighted by Gasteiger charge is 2.45. The van der Waals surface area contributed by atoms with E-state index in [4.69, 9.17) is 0 Å². The van der Waals surface area contributed by atoms with Crippen molar-refractivity contribution in [1.82, 2.24) is 5.32 Å². The Kier molecular flexibility index (Phi) is 4.99. The van der Waals surface area contributed by atoms with Crippen LogP contribution in [0.2, 0.25) is 0 Å². The molecule has 0 spiro atoms. The molecule has 2 N–H and O–H groups in total. The van der Waals surface area contributed by atoms with Gasteiger partial charge in [-0.15, -0.1) is 0 Å². The van der Waals surface area contributed by atoms with Gasteiger partial charge in [0.25, 0.3) is 0 Å². The lowest BCUT2D eigenvalue weighted by molar-refractivity contribution is -0.149. The topological polar surface area (TPSA) is 86.7 Å². The fraction of sp³-hybridized carbons (Fsp3) is 0.471. The number of hydrogen-bond donors (Lipinski definition) is 2. The zero-order chi connectivity index (χ0) is 18.0. The van der Waals surface area contributed by atoms with E-state index in [1.54, 1.807) is 11.8 Å². The second-order valence-electron chi connectivity index (χ2n) is 6.30. The van der Waals surface area contributed by atoms with Crippen molar-refractivity contribution in [2.45, 2.75) is 24.8 Å². The minimum absolute atomic E-state index is 0.312. The van der Waals surface area contributed by atoms with Crippen molar-refractivity contribution in [1.29, 1.82) is 0 Å². The number of rotatable bonds is 4. The van der Waals surface area contributed by atoms with E-state index in [9.17, 15) is 23.9 Å². The third kappa shape index (κ3) is 3.49. The second-order valence-corrected chi connectivity index (χ2v) is 7.52. The molecule has 1 unspecified atom stereocenters. The average Bonchev–Trinajstić information content (AvgIpc) is 2.98. The van der Waals surface area contributed by atoms with Gasteiger partial charge in [-0.2, -0.15) is 11.8 Å². The van der Waals surface area contributed by atoms with Gasteiger partial charge in [0.1, 0.15) is 17.3 Å². The third-order valence-electron chi connectivity index (χ3n) is 4.78. The lowest BCUT2D eigenvalue weighted by Gasteiger charge is -2.34. The largest absolute Gasteiger partial charge is 0.480 e. The molecule has 0 aliphatic carbocycles. The molecule has 1 aromatic carbocycles. The van der Waals surface area contributed by atoms with Crippen LogP contribution in [0.15, 0.2) is 24.3 Å². The summed E-state index contributed by atoms with van der Waals surface area (Å²) in [6.07, 6.45) is 1.01. The van der Waals surface area contributed by atoms with E-state index in [0.717, 1.165) is 0 Å². The Morgan fingerprint density at radius 3 is 2.48 bits per heavy atom. The van der Waals surface area contributed by atoms with Crippen LogP contribution in [0.3, 0.4) is 0 Å². The van der Waals surface area contributed by atoms with E-state index in [-0.39, 0.29) is 5.91 Å². The molecule has 6 nitrogen and oxygen atoms in total. The molecule has 2 amide bonds. The molecule has 0 radical (unpaired) electrons. The highest BCUT2D eigenvalue weighted by molar-refractivity contribution is 7.99. The maximum absolute atomic E-state index is 13.0. The summed E-state index contributed by atoms with van der Waals surface area (Å²) >= 11 is 1.65. The van der Waals surface area contributed by atoms with Crippen LogP contribution in [0.1, 0.15) is 19.3 Å². The number of halogens is 1. The number of carboxylic acids is 1. The van der Waals surface area contributed by atoms with Crippen LogP contribution >= 0.6 is 11.8 Å². The quantitative estimate of drug-likeness (QED) is 0.791. The van der Waals surface area contributed by atoms with E-state index >= 15 is 0 Å². The fourth-order valence-corrected chi connectivity index (χ4v) is 4.43. The summed E-state index contributed by atoms with van der Waals surface area (Å²) in [7, 11) is 0. The lowest BCUT2D eigenvalue weighted by Crippen LogP contribution is -2.58. The van der Waals surface area contributed by atoms with Gasteiger partial charge in [0.05, 0.1) is 0 Å². The van der Waals surface area contributed by atoms with Crippen molar-refractivity contribution in [3.05, 3.63) is 30.1 Å². The predicted octanol–water partition coefficient (Wildman–Crippen LogP) is 1.65. The summed E-state index contributed by atoms with van der Waals surface area (Å²) in [6, 6.07) is 5.50. The third-order valence-corrected chi connectivity index (χ3v) is 5.76. The van der Waals surface area contributed by atoms with Crippen LogP contribution in [0.4, 0.5) is 10.1 Å². The summed E-state index contributed by atoms with van der Waals surface area (Å²) in [5.74, 6) is -1.96. The molecule has 2 aliphatic rings. The van der Waals surface area contributed by atoms with E-state index in [1.165, 1.54) is 29.2 Å². The van der Waals surface area contributed by atoms with Crippen molar-refractivity contribution in [2.24, 2.45) is 5.92 Å². The Balaban J connectivity index is 1.71. The molecule has 25 heavy (non-hydrogen) atoms. The molecule has 8 heteroatoms. The summed E-state index contributed by atoms with van der Waals surface area (Å²) in [5.41, 5.74) is -0.755. The van der Waals surface area contributed by atoms with Gasteiger partial charge >= 0.3 is 5.97 Å². The van der Waals surface area contributed by atoms with Gasteiger partial charge in [-0.25, -0.2) is 9.18 Å². The molecular formula is C17H19FN2O4S. The molecule has 134 valence electrons. The number of carbonyl (C=O) groups excluding carboxylic acids is 2. The van der Waals surface area contributed by atoms with Crippen LogP contribution in [0.25, 0.3) is 0 Å². The molecule has 0 bridgehead atoms. The number of aliphatic carboxylic acids is 1. The van der Waals surface area contributed by atoms with Crippen LogP contribution in [-0.4, -0.2) is 46.5 Å². The van der Waals surface area contributed by atoms with Crippen molar-refractivity contribution in [3.8, 4) is 0 Å². The first-order chi connectivity index (χ1) is 11.9. The van der Waals surface area contributed by atoms with Crippen LogP contribution in [0, 0.1) is 11.7 Å². The van der Waals surface area contributed by atoms with Gasteiger partial charge in [-0.3, -0.25) is 9.59 Å². The van der Waals surface area contributed by atoms with Crippen LogP contribution in [0.5, 0.6) is 0 Å². The number of anilines is 1. The number of benzene rings is 1. The molecule has 1 atom stereocenters. The zero-order valence-electron chi connectivity index (χ0n) is 13.5. The summed E-state index contributed by atoms with van der Waals surface area (Å²) in [5, 5.41) is 12.2. The van der Waals surface area contributed by atoms with Crippen molar-refractivity contribution in [2.75, 3.05) is 23.0 Å². The number of amides is 2. The highest BCUT2D eigenvalue weighted by atomic mass is 32.2. The Hall–Kier alpha value is -2.09. The number of thioether (sulfide) groups is 1. The van der Waals surface area contributed by atoms with Gasteiger partial charge in [-0.05, 0) is 55.0 Å². The number of nitrogens with zero attached hydrogens (tertiary/aromatic N) is 1. The Labute approximate surface area is 148 Å². The van der Waals surface area contributed by atoms with Crippen molar-refractivity contribution >= 4 is 35.2 Å². The summed E-state index contributed by atoms with van der Waals surface area (Å²) in [4.78, 5) is 38.3. The Morgan fingerprint density at radius 1 is 1.24 bits per heavy atom. The van der Waals surface area contributed by atoms with E-state index in [2.05, 4.69) is 5.32 Å². The van der Waals surface area contributed by atoms with Crippen molar-refractivity contribution in [3.63, 3.8) is 0 Å². The highest BCUT2D eigenvalue weighted by Crippen LogP contribution is 2.30. The van der Waals surface area contributed by atoms with Gasteiger partial charge in [0.2, 0.25) is 11.8 Å². The number of carbonyl (C=O) groups is 3. The lowest BCUT2D eigenvalue weighted by atomic mass is 9.91. The molecule has 2 aliphatic heterocycles. The van der Waals surface area contributed by atoms with Gasteiger partial charge in [-0.1, -0.05) is 0 Å². The summed E-state index contributed by atoms with van der Waals surface area (Å²) < 4.78 is 13.0. The zero-order valence-corrected chi connectivity index (χ0v) is 14.4. The van der Waals surface area contributed by atoms with Gasteiger partial charge in [0.15, 0.2) is 0 Å². The summed E-state index contributed by atoms with van der Waals surface area (Å²) in [6.45, 7) is 0.346. The smallest absolute Gasteiger partial charge is 0.329 e. The average molecular weight is 366 g/mol. The minimum Gasteiger partial charge on any atom is -0.480 e. The Morgan fingerprint density at radius 2 is 1.88 bits per heavy atom. The molecule has 1 aromatic rings. The fourth-order valence-electron chi connectivity index (χ4n) is 3.24. The van der Waals surface area contributed by atoms with E-state index < -0.39 is 29.2 Å². The van der Waals surface area contributed by atoms with Crippen LogP contribution < -0.4 is 10.2 Å². The van der Waals surface area contributed by atoms with E-state index in [1.807, 2.05) is 0 Å². The minimum atomic E-state index is -1.29. The predicted molar refractivity (Wildman–Crippen MR) is 91.9 cm³/mol.